The molecule has 0 amide bonds. The molecule has 300 valence electrons. The predicted octanol–water partition coefficient (Wildman–Crippen LogP) is 12.8. The van der Waals surface area contributed by atoms with Gasteiger partial charge in [-0.15, -0.1) is 0 Å². The van der Waals surface area contributed by atoms with Crippen molar-refractivity contribution in [1.82, 2.24) is 15.0 Å². The van der Waals surface area contributed by atoms with E-state index in [0.717, 1.165) is 22.4 Å². The largest absolute Gasteiger partial charge is 0.334 e. The van der Waals surface area contributed by atoms with E-state index < -0.39 is 0 Å². The highest BCUT2D eigenvalue weighted by atomic mass is 15.2. The van der Waals surface area contributed by atoms with E-state index in [9.17, 15) is 0 Å². The average Bonchev–Trinajstić information content (AvgIpc) is 4.00. The van der Waals surface area contributed by atoms with Crippen LogP contribution in [0.5, 0.6) is 0 Å². The van der Waals surface area contributed by atoms with Crippen LogP contribution >= 0.6 is 0 Å². The number of para-hydroxylation sites is 2. The highest BCUT2D eigenvalue weighted by Crippen LogP contribution is 2.54. The molecular formula is C57H42N6. The van der Waals surface area contributed by atoms with Crippen LogP contribution in [0.2, 0.25) is 0 Å². The van der Waals surface area contributed by atoms with Crippen LogP contribution in [0.3, 0.4) is 0 Å². The number of benzene rings is 6. The maximum atomic E-state index is 5.03. The minimum Gasteiger partial charge on any atom is -0.334 e. The Morgan fingerprint density at radius 3 is 1.43 bits per heavy atom. The fourth-order valence-corrected chi connectivity index (χ4v) is 10.9. The van der Waals surface area contributed by atoms with E-state index in [1.54, 1.807) is 0 Å². The molecule has 6 atom stereocenters. The SMILES string of the molecule is C1=CC2c3ccccc3N(C3=CC4c5cc(N6c7ccccc7C7C=CC=CC76)ccc5N(c5ccc(-c6nc(-c7ccccc7)nc(-c7ccccc7)n6)cc5)C4C=C3)C2C=C1. The number of rotatable bonds is 6. The summed E-state index contributed by atoms with van der Waals surface area (Å²) in [5.74, 6) is 2.73. The molecule has 7 aromatic rings. The van der Waals surface area contributed by atoms with Gasteiger partial charge in [-0.3, -0.25) is 0 Å². The third-order valence-electron chi connectivity index (χ3n) is 13.7. The molecular weight excluding hydrogens is 769 g/mol. The van der Waals surface area contributed by atoms with Crippen LogP contribution in [-0.4, -0.2) is 33.1 Å². The van der Waals surface area contributed by atoms with Crippen LogP contribution < -0.4 is 14.7 Å². The Labute approximate surface area is 367 Å². The van der Waals surface area contributed by atoms with E-state index >= 15 is 0 Å². The number of fused-ring (bicyclic) bond motifs is 9. The van der Waals surface area contributed by atoms with Crippen LogP contribution in [0, 0.1) is 0 Å². The van der Waals surface area contributed by atoms with Crippen LogP contribution in [0.1, 0.15) is 34.4 Å². The first kappa shape index (κ1) is 35.9. The lowest BCUT2D eigenvalue weighted by Crippen LogP contribution is -2.35. The van der Waals surface area contributed by atoms with Crippen LogP contribution in [0.4, 0.5) is 28.4 Å². The molecule has 3 aliphatic heterocycles. The van der Waals surface area contributed by atoms with Crippen LogP contribution in [0.15, 0.2) is 224 Å². The Morgan fingerprint density at radius 2 is 0.810 bits per heavy atom. The van der Waals surface area contributed by atoms with Crippen molar-refractivity contribution in [3.8, 4) is 34.2 Å². The van der Waals surface area contributed by atoms with Gasteiger partial charge in [0, 0.05) is 68.6 Å². The number of nitrogens with zero attached hydrogens (tertiary/aromatic N) is 6. The number of hydrogen-bond donors (Lipinski definition) is 0. The molecule has 13 rings (SSSR count). The summed E-state index contributed by atoms with van der Waals surface area (Å²) in [6.45, 7) is 0. The standard InChI is InChI=1S/C57H42N6/c1-3-15-37(16-4-1)55-58-56(38-17-5-2-6-18-38)60-57(59-55)39-27-29-40(30-28-39)61-53-33-31-41(62-49-23-11-7-19-43(49)44-20-8-12-24-50(44)62)35-47(53)48-36-42(32-34-54(48)61)63-51-25-13-9-21-45(51)46-22-10-14-26-52(46)63/h1-36,43,45,47,49,51,53H. The number of allylic oxidation sites excluding steroid dienone is 5. The maximum Gasteiger partial charge on any atom is 0.164 e. The van der Waals surface area contributed by atoms with E-state index in [1.807, 2.05) is 36.4 Å². The first-order valence-corrected chi connectivity index (χ1v) is 22.0. The third-order valence-corrected chi connectivity index (χ3v) is 13.7. The quantitative estimate of drug-likeness (QED) is 0.167. The molecule has 0 fully saturated rings. The van der Waals surface area contributed by atoms with Gasteiger partial charge >= 0.3 is 0 Å². The Balaban J connectivity index is 0.917. The van der Waals surface area contributed by atoms with Gasteiger partial charge in [-0.2, -0.15) is 0 Å². The molecule has 6 aromatic carbocycles. The van der Waals surface area contributed by atoms with E-state index in [4.69, 9.17) is 15.0 Å². The van der Waals surface area contributed by atoms with Crippen molar-refractivity contribution in [3.63, 3.8) is 0 Å². The summed E-state index contributed by atoms with van der Waals surface area (Å²) in [6.07, 6.45) is 25.6. The third kappa shape index (κ3) is 5.75. The molecule has 6 heteroatoms. The molecule has 63 heavy (non-hydrogen) atoms. The van der Waals surface area contributed by atoms with Gasteiger partial charge in [-0.05, 0) is 77.4 Å². The Kier molecular flexibility index (Phi) is 8.19. The minimum absolute atomic E-state index is 0.0861. The molecule has 0 saturated heterocycles. The molecule has 0 radical (unpaired) electrons. The van der Waals surface area contributed by atoms with Gasteiger partial charge in [-0.25, -0.2) is 15.0 Å². The van der Waals surface area contributed by atoms with Gasteiger partial charge in [0.1, 0.15) is 0 Å². The summed E-state index contributed by atoms with van der Waals surface area (Å²) in [4.78, 5) is 22.6. The molecule has 4 heterocycles. The smallest absolute Gasteiger partial charge is 0.164 e. The highest BCUT2D eigenvalue weighted by molar-refractivity contribution is 5.83. The van der Waals surface area contributed by atoms with Gasteiger partial charge < -0.3 is 14.7 Å². The summed E-state index contributed by atoms with van der Waals surface area (Å²) in [5.41, 5.74) is 14.4. The van der Waals surface area contributed by atoms with Crippen molar-refractivity contribution < 1.29 is 0 Å². The second-order valence-corrected chi connectivity index (χ2v) is 17.1. The van der Waals surface area contributed by atoms with E-state index in [-0.39, 0.29) is 24.0 Å². The summed E-state index contributed by atoms with van der Waals surface area (Å²) in [6, 6.07) is 54.7. The van der Waals surface area contributed by atoms with E-state index in [2.05, 4.69) is 197 Å². The van der Waals surface area contributed by atoms with Crippen LogP contribution in [0.25, 0.3) is 34.2 Å². The second-order valence-electron chi connectivity index (χ2n) is 17.1. The molecule has 0 bridgehead atoms. The molecule has 6 nitrogen and oxygen atoms in total. The van der Waals surface area contributed by atoms with Gasteiger partial charge in [-0.1, -0.05) is 158 Å². The van der Waals surface area contributed by atoms with Crippen molar-refractivity contribution >= 4 is 28.4 Å². The molecule has 6 unspecified atom stereocenters. The fourth-order valence-electron chi connectivity index (χ4n) is 10.9. The lowest BCUT2D eigenvalue weighted by molar-refractivity contribution is 0.699. The van der Waals surface area contributed by atoms with Crippen molar-refractivity contribution in [3.05, 3.63) is 241 Å². The van der Waals surface area contributed by atoms with Crippen LogP contribution in [-0.2, 0) is 0 Å². The van der Waals surface area contributed by atoms with E-state index in [1.165, 1.54) is 45.1 Å². The zero-order valence-corrected chi connectivity index (χ0v) is 34.4. The van der Waals surface area contributed by atoms with Gasteiger partial charge in [0.2, 0.25) is 0 Å². The lowest BCUT2D eigenvalue weighted by atomic mass is 9.88. The second kappa shape index (κ2) is 14.4. The predicted molar refractivity (Wildman–Crippen MR) is 256 cm³/mol. The first-order chi connectivity index (χ1) is 31.2. The van der Waals surface area contributed by atoms with Gasteiger partial charge in [0.25, 0.3) is 0 Å². The Morgan fingerprint density at radius 1 is 0.349 bits per heavy atom. The summed E-state index contributed by atoms with van der Waals surface area (Å²) in [5, 5.41) is 0. The summed E-state index contributed by atoms with van der Waals surface area (Å²) in [7, 11) is 0. The van der Waals surface area contributed by atoms with Crippen molar-refractivity contribution in [2.75, 3.05) is 14.7 Å². The zero-order chi connectivity index (χ0) is 41.4. The van der Waals surface area contributed by atoms with Crippen molar-refractivity contribution in [2.24, 2.45) is 0 Å². The molecule has 0 N–H and O–H groups in total. The first-order valence-electron chi connectivity index (χ1n) is 22.0. The molecule has 0 spiro atoms. The lowest BCUT2D eigenvalue weighted by Gasteiger charge is -2.34. The average molecular weight is 811 g/mol. The minimum atomic E-state index is 0.0861. The van der Waals surface area contributed by atoms with Crippen molar-refractivity contribution in [2.45, 2.75) is 35.9 Å². The monoisotopic (exact) mass is 810 g/mol. The molecule has 0 saturated carbocycles. The number of anilines is 5. The molecule has 3 aliphatic carbocycles. The Hall–Kier alpha value is -7.83. The van der Waals surface area contributed by atoms with Gasteiger partial charge in [0.15, 0.2) is 17.5 Å². The fraction of sp³-hybridized carbons (Fsp3) is 0.105. The summed E-state index contributed by atoms with van der Waals surface area (Å²) >= 11 is 0. The normalized spacial score (nSPS) is 22.9. The molecule has 6 aliphatic rings. The van der Waals surface area contributed by atoms with E-state index in [0.29, 0.717) is 29.3 Å². The number of hydrogen-bond acceptors (Lipinski definition) is 6. The van der Waals surface area contributed by atoms with Gasteiger partial charge in [0.05, 0.1) is 18.1 Å². The van der Waals surface area contributed by atoms with Crippen molar-refractivity contribution in [1.29, 1.82) is 0 Å². The zero-order valence-electron chi connectivity index (χ0n) is 34.4. The molecule has 1 aromatic heterocycles. The number of aromatic nitrogens is 3. The maximum absolute atomic E-state index is 5.03. The Bertz CT molecular complexity index is 3070. The highest BCUT2D eigenvalue weighted by Gasteiger charge is 2.44. The summed E-state index contributed by atoms with van der Waals surface area (Å²) < 4.78 is 0. The topological polar surface area (TPSA) is 48.4 Å².